The van der Waals surface area contributed by atoms with Crippen molar-refractivity contribution in [2.75, 3.05) is 0 Å². The maximum absolute atomic E-state index is 11.6. The first-order chi connectivity index (χ1) is 7.59. The van der Waals surface area contributed by atoms with E-state index < -0.39 is 0 Å². The second-order valence-corrected chi connectivity index (χ2v) is 4.04. The first-order valence-corrected chi connectivity index (χ1v) is 5.27. The molecular formula is C12H6Cl2O2. The summed E-state index contributed by atoms with van der Waals surface area (Å²) in [6.45, 7) is 0. The molecule has 0 aliphatic heterocycles. The molecule has 1 aromatic carbocycles. The number of hydrogen-bond acceptors (Lipinski definition) is 2. The van der Waals surface area contributed by atoms with Gasteiger partial charge in [0.15, 0.2) is 11.6 Å². The standard InChI is InChI=1S/C12H6Cl2O2/c13-10-3-1-2-8(12(10)14)9-6-7(15)4-5-11(9)16/h1-6H. The van der Waals surface area contributed by atoms with Crippen molar-refractivity contribution in [3.05, 3.63) is 52.0 Å². The van der Waals surface area contributed by atoms with Crippen LogP contribution in [-0.4, -0.2) is 11.6 Å². The number of hydrogen-bond donors (Lipinski definition) is 0. The molecule has 0 saturated carbocycles. The summed E-state index contributed by atoms with van der Waals surface area (Å²) in [7, 11) is 0. The van der Waals surface area contributed by atoms with E-state index >= 15 is 0 Å². The van der Waals surface area contributed by atoms with Crippen LogP contribution in [0, 0.1) is 0 Å². The van der Waals surface area contributed by atoms with Crippen LogP contribution in [0.25, 0.3) is 5.57 Å². The smallest absolute Gasteiger partial charge is 0.186 e. The Balaban J connectivity index is 2.57. The fraction of sp³-hybridized carbons (Fsp3) is 0. The number of rotatable bonds is 1. The highest BCUT2D eigenvalue weighted by Crippen LogP contribution is 2.31. The van der Waals surface area contributed by atoms with Gasteiger partial charge < -0.3 is 0 Å². The summed E-state index contributed by atoms with van der Waals surface area (Å²) in [6, 6.07) is 4.96. The quantitative estimate of drug-likeness (QED) is 0.720. The van der Waals surface area contributed by atoms with E-state index in [1.54, 1.807) is 18.2 Å². The number of carbonyl (C=O) groups excluding carboxylic acids is 2. The molecule has 1 aliphatic rings. The summed E-state index contributed by atoms with van der Waals surface area (Å²) in [5.74, 6) is -0.477. The zero-order valence-electron chi connectivity index (χ0n) is 8.04. The SMILES string of the molecule is O=C1C=CC(=O)C(c2cccc(Cl)c2Cl)=C1. The van der Waals surface area contributed by atoms with E-state index in [1.165, 1.54) is 18.2 Å². The minimum atomic E-state index is -0.247. The summed E-state index contributed by atoms with van der Waals surface area (Å²) >= 11 is 11.8. The molecule has 0 atom stereocenters. The Morgan fingerprint density at radius 2 is 1.75 bits per heavy atom. The van der Waals surface area contributed by atoms with Crippen LogP contribution >= 0.6 is 23.2 Å². The molecule has 16 heavy (non-hydrogen) atoms. The van der Waals surface area contributed by atoms with E-state index in [0.29, 0.717) is 10.6 Å². The Morgan fingerprint density at radius 3 is 2.50 bits per heavy atom. The highest BCUT2D eigenvalue weighted by molar-refractivity contribution is 6.45. The average Bonchev–Trinajstić information content (AvgIpc) is 2.26. The van der Waals surface area contributed by atoms with Crippen LogP contribution in [0.1, 0.15) is 5.56 Å². The van der Waals surface area contributed by atoms with Gasteiger partial charge in [-0.2, -0.15) is 0 Å². The summed E-state index contributed by atoms with van der Waals surface area (Å²) in [5.41, 5.74) is 0.761. The van der Waals surface area contributed by atoms with Crippen molar-refractivity contribution < 1.29 is 9.59 Å². The van der Waals surface area contributed by atoms with Gasteiger partial charge in [-0.25, -0.2) is 0 Å². The number of halogens is 2. The Kier molecular flexibility index (Phi) is 2.95. The third-order valence-corrected chi connectivity index (χ3v) is 3.01. The number of carbonyl (C=O) groups is 2. The molecule has 0 saturated heterocycles. The Morgan fingerprint density at radius 1 is 1.00 bits per heavy atom. The molecule has 0 radical (unpaired) electrons. The molecule has 80 valence electrons. The molecule has 2 nitrogen and oxygen atoms in total. The van der Waals surface area contributed by atoms with E-state index in [1.807, 2.05) is 0 Å². The molecule has 1 aliphatic carbocycles. The predicted molar refractivity (Wildman–Crippen MR) is 63.6 cm³/mol. The molecule has 0 bridgehead atoms. The van der Waals surface area contributed by atoms with E-state index in [0.717, 1.165) is 0 Å². The van der Waals surface area contributed by atoms with Gasteiger partial charge >= 0.3 is 0 Å². The van der Waals surface area contributed by atoms with E-state index in [-0.39, 0.29) is 22.2 Å². The summed E-state index contributed by atoms with van der Waals surface area (Å²) < 4.78 is 0. The number of allylic oxidation sites excluding steroid dienone is 4. The summed E-state index contributed by atoms with van der Waals surface area (Å²) in [6.07, 6.45) is 3.72. The Bertz CT molecular complexity index is 542. The van der Waals surface area contributed by atoms with Gasteiger partial charge in [0.05, 0.1) is 10.0 Å². The van der Waals surface area contributed by atoms with Crippen LogP contribution in [0.15, 0.2) is 36.4 Å². The highest BCUT2D eigenvalue weighted by Gasteiger charge is 2.18. The second kappa shape index (κ2) is 4.24. The first kappa shape index (κ1) is 11.1. The van der Waals surface area contributed by atoms with Gasteiger partial charge in [-0.05, 0) is 24.3 Å². The van der Waals surface area contributed by atoms with Gasteiger partial charge in [-0.3, -0.25) is 9.59 Å². The largest absolute Gasteiger partial charge is 0.290 e. The van der Waals surface area contributed by atoms with Crippen molar-refractivity contribution in [2.24, 2.45) is 0 Å². The number of ketones is 2. The van der Waals surface area contributed by atoms with Gasteiger partial charge in [0.1, 0.15) is 0 Å². The van der Waals surface area contributed by atoms with Crippen LogP contribution in [0.3, 0.4) is 0 Å². The van der Waals surface area contributed by atoms with Gasteiger partial charge in [-0.15, -0.1) is 0 Å². The molecule has 1 aromatic rings. The maximum Gasteiger partial charge on any atom is 0.186 e. The van der Waals surface area contributed by atoms with Crippen molar-refractivity contribution in [1.82, 2.24) is 0 Å². The maximum atomic E-state index is 11.6. The van der Waals surface area contributed by atoms with Gasteiger partial charge in [-0.1, -0.05) is 35.3 Å². The van der Waals surface area contributed by atoms with E-state index in [4.69, 9.17) is 23.2 Å². The van der Waals surface area contributed by atoms with Crippen LogP contribution < -0.4 is 0 Å². The van der Waals surface area contributed by atoms with Crippen LogP contribution in [-0.2, 0) is 9.59 Å². The summed E-state index contributed by atoms with van der Waals surface area (Å²) in [4.78, 5) is 22.8. The monoisotopic (exact) mass is 252 g/mol. The van der Waals surface area contributed by atoms with Crippen molar-refractivity contribution in [1.29, 1.82) is 0 Å². The third-order valence-electron chi connectivity index (χ3n) is 2.19. The fourth-order valence-corrected chi connectivity index (χ4v) is 1.83. The molecule has 0 N–H and O–H groups in total. The van der Waals surface area contributed by atoms with E-state index in [2.05, 4.69) is 0 Å². The van der Waals surface area contributed by atoms with Crippen LogP contribution in [0.5, 0.6) is 0 Å². The second-order valence-electron chi connectivity index (χ2n) is 3.26. The van der Waals surface area contributed by atoms with Gasteiger partial charge in [0.25, 0.3) is 0 Å². The van der Waals surface area contributed by atoms with Crippen LogP contribution in [0.4, 0.5) is 0 Å². The highest BCUT2D eigenvalue weighted by atomic mass is 35.5. The molecule has 0 fully saturated rings. The number of benzene rings is 1. The van der Waals surface area contributed by atoms with Crippen molar-refractivity contribution in [3.8, 4) is 0 Å². The molecule has 0 spiro atoms. The Hall–Kier alpha value is -1.38. The lowest BCUT2D eigenvalue weighted by molar-refractivity contribution is -0.113. The summed E-state index contributed by atoms with van der Waals surface area (Å²) in [5, 5.41) is 0.640. The third kappa shape index (κ3) is 1.94. The lowest BCUT2D eigenvalue weighted by Crippen LogP contribution is -2.07. The molecular weight excluding hydrogens is 247 g/mol. The fourth-order valence-electron chi connectivity index (χ4n) is 1.43. The van der Waals surface area contributed by atoms with Crippen LogP contribution in [0.2, 0.25) is 10.0 Å². The molecule has 0 unspecified atom stereocenters. The Labute approximate surface area is 102 Å². The minimum Gasteiger partial charge on any atom is -0.290 e. The lowest BCUT2D eigenvalue weighted by Gasteiger charge is -2.09. The predicted octanol–water partition coefficient (Wildman–Crippen LogP) is 3.08. The molecule has 2 rings (SSSR count). The van der Waals surface area contributed by atoms with E-state index in [9.17, 15) is 9.59 Å². The molecule has 4 heteroatoms. The lowest BCUT2D eigenvalue weighted by atomic mass is 9.96. The molecule has 0 heterocycles. The molecule has 0 amide bonds. The van der Waals surface area contributed by atoms with Crippen molar-refractivity contribution >= 4 is 40.3 Å². The van der Waals surface area contributed by atoms with Gasteiger partial charge in [0.2, 0.25) is 0 Å². The zero-order valence-corrected chi connectivity index (χ0v) is 9.55. The topological polar surface area (TPSA) is 34.1 Å². The minimum absolute atomic E-state index is 0.231. The van der Waals surface area contributed by atoms with Crippen molar-refractivity contribution in [2.45, 2.75) is 0 Å². The van der Waals surface area contributed by atoms with Gasteiger partial charge in [0, 0.05) is 11.1 Å². The normalized spacial score (nSPS) is 15.2. The first-order valence-electron chi connectivity index (χ1n) is 4.52. The molecule has 0 aromatic heterocycles. The average molecular weight is 253 g/mol. The van der Waals surface area contributed by atoms with Crippen molar-refractivity contribution in [3.63, 3.8) is 0 Å². The zero-order chi connectivity index (χ0) is 11.7.